The van der Waals surface area contributed by atoms with Crippen molar-refractivity contribution in [3.8, 4) is 10.6 Å². The molecule has 7 heteroatoms. The van der Waals surface area contributed by atoms with Crippen LogP contribution in [0.3, 0.4) is 0 Å². The Labute approximate surface area is 183 Å². The minimum absolute atomic E-state index is 0. The number of piperazine rings is 1. The van der Waals surface area contributed by atoms with Crippen molar-refractivity contribution in [2.75, 3.05) is 37.6 Å². The highest BCUT2D eigenvalue weighted by molar-refractivity contribution is 7.13. The van der Waals surface area contributed by atoms with Crippen LogP contribution >= 0.6 is 36.2 Å². The minimum atomic E-state index is 0. The van der Waals surface area contributed by atoms with E-state index in [0.29, 0.717) is 0 Å². The number of thiophene rings is 1. The first-order valence-electron chi connectivity index (χ1n) is 9.32. The fourth-order valence-electron chi connectivity index (χ4n) is 3.70. The number of benzene rings is 1. The molecule has 0 unspecified atom stereocenters. The maximum absolute atomic E-state index is 4.27. The molecule has 1 fully saturated rings. The van der Waals surface area contributed by atoms with Crippen LogP contribution in [0.15, 0.2) is 41.9 Å². The zero-order chi connectivity index (χ0) is 17.9. The van der Waals surface area contributed by atoms with Gasteiger partial charge in [-0.1, -0.05) is 18.2 Å². The van der Waals surface area contributed by atoms with E-state index >= 15 is 0 Å². The van der Waals surface area contributed by atoms with Gasteiger partial charge in [0.25, 0.3) is 0 Å². The minimum Gasteiger partial charge on any atom is -0.369 e. The molecule has 0 aliphatic carbocycles. The predicted molar refractivity (Wildman–Crippen MR) is 125 cm³/mol. The summed E-state index contributed by atoms with van der Waals surface area (Å²) in [6.45, 7) is 9.99. The van der Waals surface area contributed by atoms with Crippen LogP contribution in [0.25, 0.3) is 10.6 Å². The summed E-state index contributed by atoms with van der Waals surface area (Å²) in [4.78, 5) is 6.39. The fraction of sp³-hybridized carbons (Fsp3) is 0.381. The first kappa shape index (κ1) is 22.8. The molecule has 0 radical (unpaired) electrons. The third kappa shape index (κ3) is 4.90. The second kappa shape index (κ2) is 10.3. The average molecular weight is 439 g/mol. The molecule has 0 spiro atoms. The van der Waals surface area contributed by atoms with Crippen molar-refractivity contribution in [1.29, 1.82) is 0 Å². The Morgan fingerprint density at radius 1 is 1.04 bits per heavy atom. The SMILES string of the molecule is Cc1cccc(N2CCN(CCc3cn[nH]c3-c3cccs3)CC2)c1C.Cl.Cl. The maximum atomic E-state index is 4.27. The van der Waals surface area contributed by atoms with E-state index in [1.54, 1.807) is 11.3 Å². The number of nitrogens with zero attached hydrogens (tertiary/aromatic N) is 3. The van der Waals surface area contributed by atoms with Crippen LogP contribution < -0.4 is 4.90 Å². The number of halogens is 2. The van der Waals surface area contributed by atoms with Gasteiger partial charge in [-0.3, -0.25) is 10.00 Å². The van der Waals surface area contributed by atoms with Gasteiger partial charge in [-0.2, -0.15) is 5.10 Å². The molecule has 1 saturated heterocycles. The number of hydrogen-bond donors (Lipinski definition) is 1. The molecule has 3 aromatic rings. The van der Waals surface area contributed by atoms with Gasteiger partial charge in [-0.25, -0.2) is 0 Å². The van der Waals surface area contributed by atoms with Crippen molar-refractivity contribution < 1.29 is 0 Å². The number of hydrogen-bond acceptors (Lipinski definition) is 4. The second-order valence-corrected chi connectivity index (χ2v) is 7.99. The number of aromatic nitrogens is 2. The number of anilines is 1. The topological polar surface area (TPSA) is 35.2 Å². The summed E-state index contributed by atoms with van der Waals surface area (Å²) in [7, 11) is 0. The van der Waals surface area contributed by atoms with E-state index in [2.05, 4.69) is 69.6 Å². The first-order chi connectivity index (χ1) is 12.7. The third-order valence-corrected chi connectivity index (χ3v) is 6.36. The summed E-state index contributed by atoms with van der Waals surface area (Å²) in [5.41, 5.74) is 6.71. The molecular formula is C21H28Cl2N4S. The molecule has 152 valence electrons. The molecule has 0 bridgehead atoms. The molecule has 1 aliphatic heterocycles. The Morgan fingerprint density at radius 3 is 2.54 bits per heavy atom. The Hall–Kier alpha value is -1.53. The Balaban J connectivity index is 0.00000140. The lowest BCUT2D eigenvalue weighted by molar-refractivity contribution is 0.261. The van der Waals surface area contributed by atoms with Gasteiger partial charge < -0.3 is 4.90 Å². The van der Waals surface area contributed by atoms with E-state index in [1.807, 2.05) is 6.20 Å². The lowest BCUT2D eigenvalue weighted by Gasteiger charge is -2.37. The van der Waals surface area contributed by atoms with Gasteiger partial charge in [-0.05, 0) is 54.5 Å². The summed E-state index contributed by atoms with van der Waals surface area (Å²) in [5.74, 6) is 0. The summed E-state index contributed by atoms with van der Waals surface area (Å²) in [5, 5.41) is 9.55. The smallest absolute Gasteiger partial charge is 0.0782 e. The molecule has 4 nitrogen and oxygen atoms in total. The van der Waals surface area contributed by atoms with Crippen LogP contribution in [-0.2, 0) is 6.42 Å². The van der Waals surface area contributed by atoms with E-state index < -0.39 is 0 Å². The Morgan fingerprint density at radius 2 is 1.82 bits per heavy atom. The van der Waals surface area contributed by atoms with Crippen molar-refractivity contribution >= 4 is 41.8 Å². The van der Waals surface area contributed by atoms with E-state index in [0.717, 1.165) is 39.1 Å². The van der Waals surface area contributed by atoms with Gasteiger partial charge >= 0.3 is 0 Å². The third-order valence-electron chi connectivity index (χ3n) is 5.47. The van der Waals surface area contributed by atoms with Crippen LogP contribution in [0.4, 0.5) is 5.69 Å². The maximum Gasteiger partial charge on any atom is 0.0782 e. The highest BCUT2D eigenvalue weighted by Gasteiger charge is 2.19. The summed E-state index contributed by atoms with van der Waals surface area (Å²) < 4.78 is 0. The van der Waals surface area contributed by atoms with E-state index in [-0.39, 0.29) is 24.8 Å². The largest absolute Gasteiger partial charge is 0.369 e. The average Bonchev–Trinajstić information content (AvgIpc) is 3.34. The molecule has 3 heterocycles. The second-order valence-electron chi connectivity index (χ2n) is 7.05. The lowest BCUT2D eigenvalue weighted by atomic mass is 10.1. The zero-order valence-electron chi connectivity index (χ0n) is 16.4. The van der Waals surface area contributed by atoms with Crippen LogP contribution in [0, 0.1) is 13.8 Å². The Kier molecular flexibility index (Phi) is 8.38. The molecule has 0 atom stereocenters. The van der Waals surface area contributed by atoms with Crippen LogP contribution in [0.1, 0.15) is 16.7 Å². The number of aryl methyl sites for hydroxylation is 1. The number of nitrogens with one attached hydrogen (secondary N) is 1. The number of H-pyrrole nitrogens is 1. The Bertz CT molecular complexity index is 855. The molecule has 1 aliphatic rings. The van der Waals surface area contributed by atoms with Crippen molar-refractivity contribution in [2.24, 2.45) is 0 Å². The van der Waals surface area contributed by atoms with E-state index in [4.69, 9.17) is 0 Å². The van der Waals surface area contributed by atoms with Gasteiger partial charge in [0.05, 0.1) is 16.8 Å². The van der Waals surface area contributed by atoms with E-state index in [9.17, 15) is 0 Å². The quantitative estimate of drug-likeness (QED) is 0.610. The van der Waals surface area contributed by atoms with Gasteiger partial charge in [0.15, 0.2) is 0 Å². The molecular weight excluding hydrogens is 411 g/mol. The first-order valence-corrected chi connectivity index (χ1v) is 10.2. The van der Waals surface area contributed by atoms with Gasteiger partial charge in [0.1, 0.15) is 0 Å². The lowest BCUT2D eigenvalue weighted by Crippen LogP contribution is -2.47. The summed E-state index contributed by atoms with van der Waals surface area (Å²) >= 11 is 1.77. The highest BCUT2D eigenvalue weighted by Crippen LogP contribution is 2.27. The van der Waals surface area contributed by atoms with E-state index in [1.165, 1.54) is 32.9 Å². The molecule has 4 rings (SSSR count). The van der Waals surface area contributed by atoms with Crippen molar-refractivity contribution in [1.82, 2.24) is 15.1 Å². The van der Waals surface area contributed by atoms with Crippen LogP contribution in [0.2, 0.25) is 0 Å². The van der Waals surface area contributed by atoms with Crippen LogP contribution in [0.5, 0.6) is 0 Å². The standard InChI is InChI=1S/C21H26N4S.2ClH/c1-16-5-3-6-19(17(16)2)25-12-10-24(11-13-25)9-8-18-15-22-23-21(18)20-7-4-14-26-20;;/h3-7,14-15H,8-13H2,1-2H3,(H,22,23);2*1H. The number of rotatable bonds is 5. The fourth-order valence-corrected chi connectivity index (χ4v) is 4.46. The molecule has 1 aromatic carbocycles. The van der Waals surface area contributed by atoms with Gasteiger partial charge in [0.2, 0.25) is 0 Å². The molecule has 28 heavy (non-hydrogen) atoms. The van der Waals surface area contributed by atoms with Crippen LogP contribution in [-0.4, -0.2) is 47.8 Å². The molecule has 0 amide bonds. The predicted octanol–water partition coefficient (Wildman–Crippen LogP) is 4.96. The van der Waals surface area contributed by atoms with Gasteiger partial charge in [-0.15, -0.1) is 36.2 Å². The molecule has 0 saturated carbocycles. The van der Waals surface area contributed by atoms with Gasteiger partial charge in [0, 0.05) is 38.4 Å². The molecule has 1 N–H and O–H groups in total. The van der Waals surface area contributed by atoms with Crippen molar-refractivity contribution in [3.63, 3.8) is 0 Å². The molecule has 2 aromatic heterocycles. The monoisotopic (exact) mass is 438 g/mol. The van der Waals surface area contributed by atoms with Crippen molar-refractivity contribution in [3.05, 3.63) is 58.6 Å². The zero-order valence-corrected chi connectivity index (χ0v) is 18.8. The summed E-state index contributed by atoms with van der Waals surface area (Å²) in [6, 6.07) is 10.9. The summed E-state index contributed by atoms with van der Waals surface area (Å²) in [6.07, 6.45) is 3.04. The highest BCUT2D eigenvalue weighted by atomic mass is 35.5. The number of aromatic amines is 1. The normalized spacial score (nSPS) is 14.4. The van der Waals surface area contributed by atoms with Crippen molar-refractivity contribution in [2.45, 2.75) is 20.3 Å².